The van der Waals surface area contributed by atoms with E-state index in [2.05, 4.69) is 11.8 Å². The number of methoxy groups -OCH3 is 1. The molecule has 0 aliphatic heterocycles. The van der Waals surface area contributed by atoms with Crippen LogP contribution in [0.1, 0.15) is 17.5 Å². The Kier molecular flexibility index (Phi) is 5.05. The molecular formula is C13H14O4. The first-order chi connectivity index (χ1) is 8.17. The standard InChI is InChI=1S/C13H14O4/c1-17-12-8-10(4-2-3-7-14)5-6-11(12)9-13(15)16/h5-6,8,14H,3,7,9H2,1H3,(H,15,16). The van der Waals surface area contributed by atoms with E-state index in [0.717, 1.165) is 5.56 Å². The van der Waals surface area contributed by atoms with Crippen molar-refractivity contribution in [3.05, 3.63) is 29.3 Å². The van der Waals surface area contributed by atoms with Gasteiger partial charge in [0.05, 0.1) is 20.1 Å². The molecule has 4 nitrogen and oxygen atoms in total. The molecule has 0 spiro atoms. The molecular weight excluding hydrogens is 220 g/mol. The maximum Gasteiger partial charge on any atom is 0.307 e. The highest BCUT2D eigenvalue weighted by Crippen LogP contribution is 2.20. The van der Waals surface area contributed by atoms with Gasteiger partial charge in [-0.15, -0.1) is 0 Å². The highest BCUT2D eigenvalue weighted by atomic mass is 16.5. The average molecular weight is 234 g/mol. The third kappa shape index (κ3) is 4.17. The number of hydrogen-bond donors (Lipinski definition) is 2. The number of ether oxygens (including phenoxy) is 1. The van der Waals surface area contributed by atoms with Crippen LogP contribution in [0.25, 0.3) is 0 Å². The molecule has 4 heteroatoms. The van der Waals surface area contributed by atoms with Crippen LogP contribution in [-0.2, 0) is 11.2 Å². The third-order valence-corrected chi connectivity index (χ3v) is 2.10. The van der Waals surface area contributed by atoms with Gasteiger partial charge in [-0.2, -0.15) is 0 Å². The van der Waals surface area contributed by atoms with Crippen LogP contribution in [0, 0.1) is 11.8 Å². The van der Waals surface area contributed by atoms with Crippen molar-refractivity contribution in [1.82, 2.24) is 0 Å². The normalized spacial score (nSPS) is 9.29. The second-order valence-corrected chi connectivity index (χ2v) is 3.37. The van der Waals surface area contributed by atoms with E-state index in [1.807, 2.05) is 0 Å². The maximum atomic E-state index is 10.6. The minimum absolute atomic E-state index is 0.0290. The average Bonchev–Trinajstić information content (AvgIpc) is 2.30. The summed E-state index contributed by atoms with van der Waals surface area (Å²) in [5.74, 6) is 5.27. The zero-order chi connectivity index (χ0) is 12.7. The molecule has 0 atom stereocenters. The van der Waals surface area contributed by atoms with Crippen molar-refractivity contribution >= 4 is 5.97 Å². The summed E-state index contributed by atoms with van der Waals surface area (Å²) in [6.07, 6.45) is 0.340. The monoisotopic (exact) mass is 234 g/mol. The SMILES string of the molecule is COc1cc(C#CCCO)ccc1CC(=O)O. The second-order valence-electron chi connectivity index (χ2n) is 3.37. The number of hydrogen-bond acceptors (Lipinski definition) is 3. The van der Waals surface area contributed by atoms with Crippen LogP contribution in [-0.4, -0.2) is 29.9 Å². The smallest absolute Gasteiger partial charge is 0.307 e. The number of carbonyl (C=O) groups is 1. The lowest BCUT2D eigenvalue weighted by Gasteiger charge is -2.06. The Hall–Kier alpha value is -1.99. The molecule has 1 aromatic rings. The van der Waals surface area contributed by atoms with Gasteiger partial charge in [0.15, 0.2) is 0 Å². The van der Waals surface area contributed by atoms with Gasteiger partial charge in [0.1, 0.15) is 5.75 Å². The molecule has 0 amide bonds. The largest absolute Gasteiger partial charge is 0.496 e. The molecule has 0 aliphatic rings. The predicted molar refractivity (Wildman–Crippen MR) is 62.9 cm³/mol. The number of aliphatic carboxylic acids is 1. The van der Waals surface area contributed by atoms with Crippen LogP contribution in [0.3, 0.4) is 0 Å². The molecule has 0 fully saturated rings. The molecule has 1 aromatic carbocycles. The summed E-state index contributed by atoms with van der Waals surface area (Å²) in [6.45, 7) is 0.0290. The first-order valence-corrected chi connectivity index (χ1v) is 5.16. The van der Waals surface area contributed by atoms with Crippen molar-refractivity contribution in [2.75, 3.05) is 13.7 Å². The Morgan fingerprint density at radius 1 is 1.47 bits per heavy atom. The van der Waals surface area contributed by atoms with E-state index in [4.69, 9.17) is 14.9 Å². The van der Waals surface area contributed by atoms with Crippen LogP contribution in [0.15, 0.2) is 18.2 Å². The molecule has 0 heterocycles. The van der Waals surface area contributed by atoms with Gasteiger partial charge in [-0.05, 0) is 12.1 Å². The third-order valence-electron chi connectivity index (χ3n) is 2.10. The lowest BCUT2D eigenvalue weighted by Crippen LogP contribution is -2.02. The minimum atomic E-state index is -0.901. The lowest BCUT2D eigenvalue weighted by molar-refractivity contribution is -0.136. The Labute approximate surface area is 99.8 Å². The van der Waals surface area contributed by atoms with Crippen molar-refractivity contribution in [3.8, 4) is 17.6 Å². The van der Waals surface area contributed by atoms with E-state index in [9.17, 15) is 4.79 Å². The molecule has 2 N–H and O–H groups in total. The Morgan fingerprint density at radius 2 is 2.24 bits per heavy atom. The van der Waals surface area contributed by atoms with Crippen LogP contribution in [0.5, 0.6) is 5.75 Å². The van der Waals surface area contributed by atoms with Gasteiger partial charge in [-0.1, -0.05) is 17.9 Å². The molecule has 0 aromatic heterocycles. The zero-order valence-electron chi connectivity index (χ0n) is 9.56. The fourth-order valence-corrected chi connectivity index (χ4v) is 1.35. The fraction of sp³-hybridized carbons (Fsp3) is 0.308. The molecule has 0 bridgehead atoms. The number of carboxylic acid groups (broad SMARTS) is 1. The Balaban J connectivity index is 2.93. The van der Waals surface area contributed by atoms with Crippen molar-refractivity contribution < 1.29 is 19.7 Å². The lowest BCUT2D eigenvalue weighted by atomic mass is 10.1. The molecule has 0 radical (unpaired) electrons. The molecule has 90 valence electrons. The molecule has 1 rings (SSSR count). The Morgan fingerprint density at radius 3 is 2.82 bits per heavy atom. The zero-order valence-corrected chi connectivity index (χ0v) is 9.56. The van der Waals surface area contributed by atoms with Crippen LogP contribution in [0.4, 0.5) is 0 Å². The van der Waals surface area contributed by atoms with Gasteiger partial charge in [-0.3, -0.25) is 4.79 Å². The van der Waals surface area contributed by atoms with Gasteiger partial charge in [0.2, 0.25) is 0 Å². The highest BCUT2D eigenvalue weighted by Gasteiger charge is 2.07. The number of aliphatic hydroxyl groups excluding tert-OH is 1. The topological polar surface area (TPSA) is 66.8 Å². The van der Waals surface area contributed by atoms with Gasteiger partial charge in [0.25, 0.3) is 0 Å². The summed E-state index contributed by atoms with van der Waals surface area (Å²) >= 11 is 0. The second kappa shape index (κ2) is 6.56. The van der Waals surface area contributed by atoms with Crippen LogP contribution in [0.2, 0.25) is 0 Å². The van der Waals surface area contributed by atoms with Crippen molar-refractivity contribution in [3.63, 3.8) is 0 Å². The van der Waals surface area contributed by atoms with Crippen molar-refractivity contribution in [2.24, 2.45) is 0 Å². The Bertz CT molecular complexity index is 454. The predicted octanol–water partition coefficient (Wildman–Crippen LogP) is 1.06. The number of rotatable bonds is 4. The van der Waals surface area contributed by atoms with E-state index in [1.54, 1.807) is 18.2 Å². The maximum absolute atomic E-state index is 10.6. The summed E-state index contributed by atoms with van der Waals surface area (Å²) in [6, 6.07) is 5.13. The molecule has 0 aliphatic carbocycles. The van der Waals surface area contributed by atoms with E-state index < -0.39 is 5.97 Å². The fourth-order valence-electron chi connectivity index (χ4n) is 1.35. The molecule has 17 heavy (non-hydrogen) atoms. The quantitative estimate of drug-likeness (QED) is 0.764. The van der Waals surface area contributed by atoms with E-state index in [1.165, 1.54) is 7.11 Å². The first kappa shape index (κ1) is 13.1. The summed E-state index contributed by atoms with van der Waals surface area (Å²) in [7, 11) is 1.49. The summed E-state index contributed by atoms with van der Waals surface area (Å²) in [5, 5.41) is 17.3. The number of benzene rings is 1. The van der Waals surface area contributed by atoms with Gasteiger partial charge in [-0.25, -0.2) is 0 Å². The van der Waals surface area contributed by atoms with Crippen LogP contribution < -0.4 is 4.74 Å². The van der Waals surface area contributed by atoms with E-state index >= 15 is 0 Å². The van der Waals surface area contributed by atoms with Gasteiger partial charge < -0.3 is 14.9 Å². The highest BCUT2D eigenvalue weighted by molar-refractivity contribution is 5.71. The van der Waals surface area contributed by atoms with Crippen LogP contribution >= 0.6 is 0 Å². The van der Waals surface area contributed by atoms with Gasteiger partial charge in [0, 0.05) is 17.5 Å². The molecule has 0 unspecified atom stereocenters. The van der Waals surface area contributed by atoms with Crippen molar-refractivity contribution in [1.29, 1.82) is 0 Å². The first-order valence-electron chi connectivity index (χ1n) is 5.16. The summed E-state index contributed by atoms with van der Waals surface area (Å²) < 4.78 is 5.11. The van der Waals surface area contributed by atoms with E-state index in [0.29, 0.717) is 17.7 Å². The van der Waals surface area contributed by atoms with E-state index in [-0.39, 0.29) is 13.0 Å². The number of carboxylic acids is 1. The summed E-state index contributed by atoms with van der Waals surface area (Å²) in [5.41, 5.74) is 1.36. The number of aliphatic hydroxyl groups is 1. The molecule has 0 saturated heterocycles. The van der Waals surface area contributed by atoms with Gasteiger partial charge >= 0.3 is 5.97 Å². The molecule has 0 saturated carbocycles. The minimum Gasteiger partial charge on any atom is -0.496 e. The summed E-state index contributed by atoms with van der Waals surface area (Å²) in [4.78, 5) is 10.6. The van der Waals surface area contributed by atoms with Crippen molar-refractivity contribution in [2.45, 2.75) is 12.8 Å².